The summed E-state index contributed by atoms with van der Waals surface area (Å²) in [4.78, 5) is 24.8. The fourth-order valence-corrected chi connectivity index (χ4v) is 3.21. The van der Waals surface area contributed by atoms with Crippen LogP contribution < -0.4 is 11.1 Å². The molecule has 1 saturated carbocycles. The van der Waals surface area contributed by atoms with Crippen LogP contribution in [0.2, 0.25) is 0 Å². The molecule has 5 heteroatoms. The van der Waals surface area contributed by atoms with E-state index in [1.165, 1.54) is 25.7 Å². The minimum Gasteiger partial charge on any atom is -0.346 e. The van der Waals surface area contributed by atoms with Crippen molar-refractivity contribution in [2.24, 2.45) is 11.1 Å². The normalized spacial score (nSPS) is 22.2. The number of piperidine rings is 1. The molecule has 0 aromatic carbocycles. The van der Waals surface area contributed by atoms with Crippen LogP contribution in [0.3, 0.4) is 0 Å². The van der Waals surface area contributed by atoms with E-state index in [1.54, 1.807) is 0 Å². The molecule has 1 aliphatic heterocycles. The van der Waals surface area contributed by atoms with Gasteiger partial charge in [0.15, 0.2) is 0 Å². The number of likely N-dealkylation sites (tertiary alicyclic amines) is 1. The highest BCUT2D eigenvalue weighted by Gasteiger charge is 2.37. The number of amides is 2. The standard InChI is InChI=1S/C13H23N3O2/c14-9-11(17)15-10-12(18)16-7-5-13(6-8-16)3-1-2-4-13/h1-10,14H2,(H,15,17). The van der Waals surface area contributed by atoms with E-state index >= 15 is 0 Å². The van der Waals surface area contributed by atoms with Gasteiger partial charge in [0.05, 0.1) is 13.1 Å². The van der Waals surface area contributed by atoms with E-state index in [0.29, 0.717) is 5.41 Å². The lowest BCUT2D eigenvalue weighted by atomic mass is 9.77. The van der Waals surface area contributed by atoms with Crippen molar-refractivity contribution >= 4 is 11.8 Å². The second kappa shape index (κ2) is 5.69. The molecular weight excluding hydrogens is 230 g/mol. The van der Waals surface area contributed by atoms with Gasteiger partial charge in [0, 0.05) is 13.1 Å². The van der Waals surface area contributed by atoms with Crippen molar-refractivity contribution in [3.63, 3.8) is 0 Å². The number of nitrogens with two attached hydrogens (primary N) is 1. The van der Waals surface area contributed by atoms with Gasteiger partial charge in [-0.25, -0.2) is 0 Å². The molecule has 0 bridgehead atoms. The van der Waals surface area contributed by atoms with Crippen LogP contribution in [0.1, 0.15) is 38.5 Å². The first-order chi connectivity index (χ1) is 8.65. The molecule has 2 rings (SSSR count). The SMILES string of the molecule is NCC(=O)NCC(=O)N1CCC2(CCCC2)CC1. The Hall–Kier alpha value is -1.10. The van der Waals surface area contributed by atoms with E-state index in [-0.39, 0.29) is 24.9 Å². The monoisotopic (exact) mass is 253 g/mol. The number of carbonyl (C=O) groups excluding carboxylic acids is 2. The summed E-state index contributed by atoms with van der Waals surface area (Å²) in [5.41, 5.74) is 5.70. The lowest BCUT2D eigenvalue weighted by Gasteiger charge is -2.39. The molecule has 0 unspecified atom stereocenters. The molecular formula is C13H23N3O2. The summed E-state index contributed by atoms with van der Waals surface area (Å²) in [6.07, 6.45) is 7.62. The molecule has 2 aliphatic rings. The molecule has 1 spiro atoms. The molecule has 2 fully saturated rings. The van der Waals surface area contributed by atoms with E-state index in [2.05, 4.69) is 5.32 Å². The number of nitrogens with one attached hydrogen (secondary N) is 1. The first-order valence-corrected chi connectivity index (χ1v) is 6.90. The number of rotatable bonds is 3. The van der Waals surface area contributed by atoms with Gasteiger partial charge in [0.25, 0.3) is 0 Å². The third-order valence-corrected chi connectivity index (χ3v) is 4.46. The first kappa shape index (κ1) is 13.3. The van der Waals surface area contributed by atoms with E-state index in [9.17, 15) is 9.59 Å². The maximum atomic E-state index is 11.9. The number of carbonyl (C=O) groups is 2. The van der Waals surface area contributed by atoms with Crippen LogP contribution in [0.15, 0.2) is 0 Å². The quantitative estimate of drug-likeness (QED) is 0.756. The molecule has 2 amide bonds. The zero-order chi connectivity index (χ0) is 13.0. The van der Waals surface area contributed by atoms with Crippen LogP contribution in [0, 0.1) is 5.41 Å². The summed E-state index contributed by atoms with van der Waals surface area (Å²) >= 11 is 0. The summed E-state index contributed by atoms with van der Waals surface area (Å²) in [7, 11) is 0. The summed E-state index contributed by atoms with van der Waals surface area (Å²) in [5, 5.41) is 2.54. The Morgan fingerprint density at radius 3 is 2.28 bits per heavy atom. The molecule has 0 aromatic rings. The molecule has 0 atom stereocenters. The van der Waals surface area contributed by atoms with E-state index in [4.69, 9.17) is 5.73 Å². The van der Waals surface area contributed by atoms with Crippen molar-refractivity contribution < 1.29 is 9.59 Å². The van der Waals surface area contributed by atoms with E-state index in [0.717, 1.165) is 25.9 Å². The van der Waals surface area contributed by atoms with Crippen LogP contribution >= 0.6 is 0 Å². The number of hydrogen-bond acceptors (Lipinski definition) is 3. The van der Waals surface area contributed by atoms with E-state index < -0.39 is 0 Å². The predicted molar refractivity (Wildman–Crippen MR) is 68.8 cm³/mol. The molecule has 0 aromatic heterocycles. The average molecular weight is 253 g/mol. The van der Waals surface area contributed by atoms with Gasteiger partial charge < -0.3 is 16.0 Å². The Labute approximate surface area is 108 Å². The zero-order valence-corrected chi connectivity index (χ0v) is 10.9. The van der Waals surface area contributed by atoms with Crippen LogP contribution in [-0.2, 0) is 9.59 Å². The average Bonchev–Trinajstić information content (AvgIpc) is 2.84. The highest BCUT2D eigenvalue weighted by atomic mass is 16.2. The zero-order valence-electron chi connectivity index (χ0n) is 10.9. The highest BCUT2D eigenvalue weighted by Crippen LogP contribution is 2.45. The van der Waals surface area contributed by atoms with Crippen molar-refractivity contribution in [3.8, 4) is 0 Å². The minimum atomic E-state index is -0.271. The Balaban J connectivity index is 1.75. The highest BCUT2D eigenvalue weighted by molar-refractivity contribution is 5.85. The van der Waals surface area contributed by atoms with Gasteiger partial charge in [-0.2, -0.15) is 0 Å². The minimum absolute atomic E-state index is 0.0182. The van der Waals surface area contributed by atoms with Crippen LogP contribution in [-0.4, -0.2) is 42.9 Å². The molecule has 3 N–H and O–H groups in total. The molecule has 1 heterocycles. The van der Waals surface area contributed by atoms with Crippen LogP contribution in [0.25, 0.3) is 0 Å². The number of nitrogens with zero attached hydrogens (tertiary/aromatic N) is 1. The Kier molecular flexibility index (Phi) is 4.22. The van der Waals surface area contributed by atoms with E-state index in [1.807, 2.05) is 4.90 Å². The summed E-state index contributed by atoms with van der Waals surface area (Å²) in [6, 6.07) is 0. The van der Waals surface area contributed by atoms with Gasteiger partial charge in [-0.3, -0.25) is 9.59 Å². The van der Waals surface area contributed by atoms with Gasteiger partial charge in [0.2, 0.25) is 11.8 Å². The fourth-order valence-electron chi connectivity index (χ4n) is 3.21. The molecule has 1 saturated heterocycles. The Morgan fingerprint density at radius 1 is 1.11 bits per heavy atom. The van der Waals surface area contributed by atoms with Crippen molar-refractivity contribution in [2.75, 3.05) is 26.2 Å². The fraction of sp³-hybridized carbons (Fsp3) is 0.846. The van der Waals surface area contributed by atoms with Gasteiger partial charge in [-0.15, -0.1) is 0 Å². The van der Waals surface area contributed by atoms with Gasteiger partial charge in [-0.05, 0) is 31.1 Å². The second-order valence-electron chi connectivity index (χ2n) is 5.57. The molecule has 102 valence electrons. The van der Waals surface area contributed by atoms with Crippen molar-refractivity contribution in [3.05, 3.63) is 0 Å². The van der Waals surface area contributed by atoms with Gasteiger partial charge in [-0.1, -0.05) is 12.8 Å². The number of hydrogen-bond donors (Lipinski definition) is 2. The topological polar surface area (TPSA) is 75.4 Å². The summed E-state index contributed by atoms with van der Waals surface area (Å²) < 4.78 is 0. The maximum absolute atomic E-state index is 11.9. The Morgan fingerprint density at radius 2 is 1.72 bits per heavy atom. The van der Waals surface area contributed by atoms with Crippen LogP contribution in [0.5, 0.6) is 0 Å². The molecule has 18 heavy (non-hydrogen) atoms. The van der Waals surface area contributed by atoms with Crippen molar-refractivity contribution in [1.29, 1.82) is 0 Å². The van der Waals surface area contributed by atoms with Crippen molar-refractivity contribution in [2.45, 2.75) is 38.5 Å². The van der Waals surface area contributed by atoms with Gasteiger partial charge in [0.1, 0.15) is 0 Å². The second-order valence-corrected chi connectivity index (χ2v) is 5.57. The van der Waals surface area contributed by atoms with Crippen molar-refractivity contribution in [1.82, 2.24) is 10.2 Å². The molecule has 0 radical (unpaired) electrons. The maximum Gasteiger partial charge on any atom is 0.241 e. The smallest absolute Gasteiger partial charge is 0.241 e. The first-order valence-electron chi connectivity index (χ1n) is 6.90. The third-order valence-electron chi connectivity index (χ3n) is 4.46. The molecule has 5 nitrogen and oxygen atoms in total. The third kappa shape index (κ3) is 3.02. The Bertz CT molecular complexity index is 314. The largest absolute Gasteiger partial charge is 0.346 e. The predicted octanol–water partition coefficient (Wildman–Crippen LogP) is 0.244. The molecule has 1 aliphatic carbocycles. The summed E-state index contributed by atoms with van der Waals surface area (Å²) in [6.45, 7) is 1.72. The van der Waals surface area contributed by atoms with Gasteiger partial charge >= 0.3 is 0 Å². The lowest BCUT2D eigenvalue weighted by Crippen LogP contribution is -2.47. The summed E-state index contributed by atoms with van der Waals surface area (Å²) in [5.74, 6) is -0.253. The van der Waals surface area contributed by atoms with Crippen LogP contribution in [0.4, 0.5) is 0 Å². The lowest BCUT2D eigenvalue weighted by molar-refractivity contribution is -0.134.